The van der Waals surface area contributed by atoms with Gasteiger partial charge >= 0.3 is 0 Å². The topological polar surface area (TPSA) is 23.5 Å². The van der Waals surface area contributed by atoms with Crippen LogP contribution < -0.4 is 0 Å². The maximum Gasteiger partial charge on any atom is 0.0667 e. The Bertz CT molecular complexity index is 670. The van der Waals surface area contributed by atoms with Crippen LogP contribution in [0.2, 0.25) is 0 Å². The van der Waals surface area contributed by atoms with E-state index in [9.17, 15) is 5.11 Å². The van der Waals surface area contributed by atoms with E-state index in [1.165, 1.54) is 42.0 Å². The molecule has 1 unspecified atom stereocenters. The van der Waals surface area contributed by atoms with Crippen LogP contribution in [0.1, 0.15) is 49.3 Å². The van der Waals surface area contributed by atoms with Gasteiger partial charge in [0.2, 0.25) is 0 Å². The second-order valence-electron chi connectivity index (χ2n) is 7.07. The summed E-state index contributed by atoms with van der Waals surface area (Å²) in [7, 11) is 2.12. The highest BCUT2D eigenvalue weighted by Gasteiger charge is 2.16. The lowest BCUT2D eigenvalue weighted by atomic mass is 9.85. The van der Waals surface area contributed by atoms with Crippen molar-refractivity contribution < 1.29 is 5.11 Å². The first-order valence-electron chi connectivity index (χ1n) is 9.08. The number of benzene rings is 2. The van der Waals surface area contributed by atoms with Gasteiger partial charge in [-0.1, -0.05) is 43.7 Å². The third-order valence-electron chi connectivity index (χ3n) is 5.04. The molecule has 1 aliphatic rings. The molecule has 1 atom stereocenters. The van der Waals surface area contributed by atoms with E-state index in [1.54, 1.807) is 11.1 Å². The van der Waals surface area contributed by atoms with Crippen LogP contribution in [0.4, 0.5) is 0 Å². The molecule has 2 aromatic carbocycles. The zero-order chi connectivity index (χ0) is 16.2. The first kappa shape index (κ1) is 19.2. The van der Waals surface area contributed by atoms with E-state index in [-0.39, 0.29) is 18.5 Å². The van der Waals surface area contributed by atoms with Crippen LogP contribution >= 0.6 is 12.4 Å². The molecule has 132 valence electrons. The Morgan fingerprint density at radius 3 is 2.58 bits per heavy atom. The minimum Gasteiger partial charge on any atom is -0.392 e. The molecule has 0 spiro atoms. The van der Waals surface area contributed by atoms with Crippen LogP contribution in [0, 0.1) is 0 Å². The minimum atomic E-state index is -0.214. The van der Waals surface area contributed by atoms with Gasteiger partial charge in [-0.25, -0.2) is 0 Å². The van der Waals surface area contributed by atoms with Gasteiger partial charge in [0.25, 0.3) is 0 Å². The van der Waals surface area contributed by atoms with Gasteiger partial charge in [-0.2, -0.15) is 0 Å². The summed E-state index contributed by atoms with van der Waals surface area (Å²) in [6, 6.07) is 11.3. The summed E-state index contributed by atoms with van der Waals surface area (Å²) < 4.78 is 0. The summed E-state index contributed by atoms with van der Waals surface area (Å²) in [5.41, 5.74) is 4.53. The van der Waals surface area contributed by atoms with Crippen molar-refractivity contribution in [2.45, 2.75) is 58.1 Å². The number of aryl methyl sites for hydroxylation is 2. The number of nitrogens with zero attached hydrogens (tertiary/aromatic N) is 1. The van der Waals surface area contributed by atoms with Gasteiger partial charge in [-0.15, -0.1) is 12.4 Å². The van der Waals surface area contributed by atoms with Gasteiger partial charge in [0.15, 0.2) is 0 Å². The maximum atomic E-state index is 10.1. The number of aliphatic hydroxyl groups is 1. The quantitative estimate of drug-likeness (QED) is 0.816. The molecule has 0 saturated carbocycles. The van der Waals surface area contributed by atoms with Crippen molar-refractivity contribution >= 4 is 23.2 Å². The van der Waals surface area contributed by atoms with E-state index in [1.807, 2.05) is 0 Å². The molecule has 24 heavy (non-hydrogen) atoms. The molecule has 0 aromatic heterocycles. The van der Waals surface area contributed by atoms with E-state index in [2.05, 4.69) is 49.2 Å². The van der Waals surface area contributed by atoms with E-state index >= 15 is 0 Å². The number of halogens is 1. The second kappa shape index (κ2) is 8.84. The molecule has 0 heterocycles. The third-order valence-corrected chi connectivity index (χ3v) is 5.04. The molecule has 0 bridgehead atoms. The highest BCUT2D eigenvalue weighted by atomic mass is 35.5. The zero-order valence-electron chi connectivity index (χ0n) is 14.9. The number of hydrogen-bond donors (Lipinski definition) is 1. The van der Waals surface area contributed by atoms with Crippen LogP contribution in [-0.2, 0) is 19.4 Å². The number of fused-ring (bicyclic) bond motifs is 3. The van der Waals surface area contributed by atoms with Gasteiger partial charge < -0.3 is 5.11 Å². The first-order chi connectivity index (χ1) is 11.2. The molecule has 0 fully saturated rings. The molecule has 2 nitrogen and oxygen atoms in total. The molecule has 3 rings (SSSR count). The fraction of sp³-hybridized carbons (Fsp3) is 0.524. The summed E-state index contributed by atoms with van der Waals surface area (Å²) in [5.74, 6) is 0. The number of likely N-dealkylation sites (N-methyl/N-ethyl adjacent to an activating group) is 1. The molecular formula is C21H30ClNO. The SMILES string of the molecule is CCCC(O)CN(C)Cc1cc2c(c3ccccc13)CCCC2.Cl. The lowest BCUT2D eigenvalue weighted by Crippen LogP contribution is -2.28. The van der Waals surface area contributed by atoms with Crippen LogP contribution in [0.3, 0.4) is 0 Å². The summed E-state index contributed by atoms with van der Waals surface area (Å²) in [6.07, 6.45) is 6.78. The highest BCUT2D eigenvalue weighted by molar-refractivity contribution is 5.90. The Kier molecular flexibility index (Phi) is 7.09. The van der Waals surface area contributed by atoms with Crippen LogP contribution in [0.25, 0.3) is 10.8 Å². The van der Waals surface area contributed by atoms with Crippen molar-refractivity contribution in [1.82, 2.24) is 4.90 Å². The fourth-order valence-corrected chi connectivity index (χ4v) is 3.98. The van der Waals surface area contributed by atoms with Gasteiger partial charge in [0, 0.05) is 13.1 Å². The van der Waals surface area contributed by atoms with Crippen molar-refractivity contribution in [2.75, 3.05) is 13.6 Å². The summed E-state index contributed by atoms with van der Waals surface area (Å²) in [4.78, 5) is 2.26. The van der Waals surface area contributed by atoms with Crippen LogP contribution in [-0.4, -0.2) is 29.7 Å². The van der Waals surface area contributed by atoms with E-state index in [0.29, 0.717) is 0 Å². The Morgan fingerprint density at radius 2 is 1.83 bits per heavy atom. The van der Waals surface area contributed by atoms with Crippen LogP contribution in [0.5, 0.6) is 0 Å². The predicted octanol–water partition coefficient (Wildman–Crippen LogP) is 4.73. The zero-order valence-corrected chi connectivity index (χ0v) is 15.7. The van der Waals surface area contributed by atoms with Crippen molar-refractivity contribution in [2.24, 2.45) is 0 Å². The van der Waals surface area contributed by atoms with E-state index < -0.39 is 0 Å². The molecule has 1 N–H and O–H groups in total. The lowest BCUT2D eigenvalue weighted by Gasteiger charge is -2.24. The molecule has 2 aromatic rings. The first-order valence-corrected chi connectivity index (χ1v) is 9.08. The normalized spacial score (nSPS) is 15.2. The standard InChI is InChI=1S/C21H29NO.ClH/c1-3-8-18(23)15-22(2)14-17-13-16-9-4-5-10-19(16)21-12-7-6-11-20(17)21;/h6-7,11-13,18,23H,3-5,8-10,14-15H2,1-2H3;1H. The van der Waals surface area contributed by atoms with Crippen LogP contribution in [0.15, 0.2) is 30.3 Å². The third kappa shape index (κ3) is 4.30. The van der Waals surface area contributed by atoms with Crippen molar-refractivity contribution in [3.63, 3.8) is 0 Å². The van der Waals surface area contributed by atoms with Crippen molar-refractivity contribution in [3.8, 4) is 0 Å². The van der Waals surface area contributed by atoms with E-state index in [0.717, 1.165) is 25.9 Å². The monoisotopic (exact) mass is 347 g/mol. The number of aliphatic hydroxyl groups excluding tert-OH is 1. The average molecular weight is 348 g/mol. The number of hydrogen-bond acceptors (Lipinski definition) is 2. The Balaban J connectivity index is 0.00000208. The van der Waals surface area contributed by atoms with Crippen molar-refractivity contribution in [1.29, 1.82) is 0 Å². The van der Waals surface area contributed by atoms with Gasteiger partial charge in [-0.3, -0.25) is 4.90 Å². The molecule has 0 amide bonds. The van der Waals surface area contributed by atoms with Gasteiger partial charge in [0.05, 0.1) is 6.10 Å². The van der Waals surface area contributed by atoms with Gasteiger partial charge in [0.1, 0.15) is 0 Å². The summed E-state index contributed by atoms with van der Waals surface area (Å²) in [5, 5.41) is 12.9. The Morgan fingerprint density at radius 1 is 1.12 bits per heavy atom. The predicted molar refractivity (Wildman–Crippen MR) is 105 cm³/mol. The molecule has 0 radical (unpaired) electrons. The van der Waals surface area contributed by atoms with Crippen molar-refractivity contribution in [3.05, 3.63) is 47.0 Å². The second-order valence-corrected chi connectivity index (χ2v) is 7.07. The van der Waals surface area contributed by atoms with E-state index in [4.69, 9.17) is 0 Å². The average Bonchev–Trinajstić information content (AvgIpc) is 2.55. The maximum absolute atomic E-state index is 10.1. The largest absolute Gasteiger partial charge is 0.392 e. The fourth-order valence-electron chi connectivity index (χ4n) is 3.98. The molecule has 0 saturated heterocycles. The molecule has 0 aliphatic heterocycles. The summed E-state index contributed by atoms with van der Waals surface area (Å²) in [6.45, 7) is 3.79. The van der Waals surface area contributed by atoms with Gasteiger partial charge in [-0.05, 0) is 66.6 Å². The lowest BCUT2D eigenvalue weighted by molar-refractivity contribution is 0.114. The Labute approximate surface area is 152 Å². The summed E-state index contributed by atoms with van der Waals surface area (Å²) >= 11 is 0. The molecular weight excluding hydrogens is 318 g/mol. The Hall–Kier alpha value is -1.09. The number of rotatable bonds is 6. The highest BCUT2D eigenvalue weighted by Crippen LogP contribution is 2.32. The molecule has 1 aliphatic carbocycles. The molecule has 3 heteroatoms. The minimum absolute atomic E-state index is 0. The smallest absolute Gasteiger partial charge is 0.0667 e.